The zero-order valence-electron chi connectivity index (χ0n) is 8.45. The number of pyridine rings is 1. The van der Waals surface area contributed by atoms with Crippen molar-refractivity contribution in [2.45, 2.75) is 13.3 Å². The zero-order chi connectivity index (χ0) is 10.2. The van der Waals surface area contributed by atoms with E-state index in [4.69, 9.17) is 5.11 Å². The number of hydrogen-bond donors (Lipinski definition) is 3. The minimum absolute atomic E-state index is 0.205. The summed E-state index contributed by atoms with van der Waals surface area (Å²) in [6, 6.07) is 3.88. The largest absolute Gasteiger partial charge is 0.396 e. The van der Waals surface area contributed by atoms with Gasteiger partial charge in [0.05, 0.1) is 5.69 Å². The highest BCUT2D eigenvalue weighted by Gasteiger charge is 1.99. The van der Waals surface area contributed by atoms with E-state index in [1.165, 1.54) is 0 Å². The number of anilines is 2. The van der Waals surface area contributed by atoms with Gasteiger partial charge in [-0.3, -0.25) is 0 Å². The number of nitrogens with zero attached hydrogens (tertiary/aromatic N) is 1. The first kappa shape index (κ1) is 10.8. The van der Waals surface area contributed by atoms with Gasteiger partial charge < -0.3 is 15.7 Å². The summed E-state index contributed by atoms with van der Waals surface area (Å²) in [5.74, 6) is 0.850. The Balaban J connectivity index is 2.55. The molecule has 0 aliphatic rings. The van der Waals surface area contributed by atoms with Crippen molar-refractivity contribution in [2.75, 3.05) is 30.3 Å². The van der Waals surface area contributed by atoms with Crippen molar-refractivity contribution in [1.29, 1.82) is 0 Å². The Bertz CT molecular complexity index is 265. The lowest BCUT2D eigenvalue weighted by Gasteiger charge is -2.10. The summed E-state index contributed by atoms with van der Waals surface area (Å²) in [6.07, 6.45) is 2.49. The molecule has 14 heavy (non-hydrogen) atoms. The summed E-state index contributed by atoms with van der Waals surface area (Å²) in [6.45, 7) is 3.87. The van der Waals surface area contributed by atoms with Crippen molar-refractivity contribution in [2.24, 2.45) is 0 Å². The number of nitrogens with one attached hydrogen (secondary N) is 2. The summed E-state index contributed by atoms with van der Waals surface area (Å²) in [5, 5.41) is 15.0. The molecule has 0 fully saturated rings. The molecule has 0 atom stereocenters. The fraction of sp³-hybridized carbons (Fsp3) is 0.500. The minimum atomic E-state index is 0.205. The van der Waals surface area contributed by atoms with E-state index in [0.29, 0.717) is 0 Å². The van der Waals surface area contributed by atoms with E-state index >= 15 is 0 Å². The highest BCUT2D eigenvalue weighted by Crippen LogP contribution is 2.16. The molecule has 1 heterocycles. The number of hydrogen-bond acceptors (Lipinski definition) is 4. The van der Waals surface area contributed by atoms with Crippen molar-refractivity contribution < 1.29 is 5.11 Å². The lowest BCUT2D eigenvalue weighted by molar-refractivity contribution is 0.292. The van der Waals surface area contributed by atoms with Gasteiger partial charge in [0.1, 0.15) is 5.82 Å². The fourth-order valence-corrected chi connectivity index (χ4v) is 1.17. The topological polar surface area (TPSA) is 57.2 Å². The Morgan fingerprint density at radius 2 is 2.29 bits per heavy atom. The van der Waals surface area contributed by atoms with Crippen LogP contribution < -0.4 is 10.6 Å². The number of rotatable bonds is 6. The standard InChI is InChI=1S/C10H17N3O/c1-2-11-9-5-3-6-12-10(9)13-7-4-8-14/h3,5-6,11,14H,2,4,7-8H2,1H3,(H,12,13). The molecular weight excluding hydrogens is 178 g/mol. The number of aliphatic hydroxyl groups excluding tert-OH is 1. The van der Waals surface area contributed by atoms with E-state index in [2.05, 4.69) is 15.6 Å². The van der Waals surface area contributed by atoms with Crippen LogP contribution in [0.4, 0.5) is 11.5 Å². The van der Waals surface area contributed by atoms with Crippen LogP contribution in [-0.4, -0.2) is 29.8 Å². The molecule has 0 aliphatic carbocycles. The molecule has 4 heteroatoms. The summed E-state index contributed by atoms with van der Waals surface area (Å²) in [7, 11) is 0. The molecule has 1 aromatic rings. The number of aromatic nitrogens is 1. The molecule has 0 saturated carbocycles. The molecule has 0 amide bonds. The first-order chi connectivity index (χ1) is 6.88. The summed E-state index contributed by atoms with van der Waals surface area (Å²) >= 11 is 0. The average Bonchev–Trinajstić information content (AvgIpc) is 2.21. The molecule has 1 aromatic heterocycles. The highest BCUT2D eigenvalue weighted by molar-refractivity contribution is 5.63. The van der Waals surface area contributed by atoms with E-state index in [0.717, 1.165) is 31.0 Å². The third kappa shape index (κ3) is 3.22. The van der Waals surface area contributed by atoms with Gasteiger partial charge in [-0.2, -0.15) is 0 Å². The predicted octanol–water partition coefficient (Wildman–Crippen LogP) is 1.31. The van der Waals surface area contributed by atoms with E-state index < -0.39 is 0 Å². The quantitative estimate of drug-likeness (QED) is 0.599. The molecule has 3 N–H and O–H groups in total. The Morgan fingerprint density at radius 3 is 3.00 bits per heavy atom. The maximum atomic E-state index is 8.64. The third-order valence-electron chi connectivity index (χ3n) is 1.80. The first-order valence-electron chi connectivity index (χ1n) is 4.92. The highest BCUT2D eigenvalue weighted by atomic mass is 16.3. The van der Waals surface area contributed by atoms with Gasteiger partial charge in [0, 0.05) is 25.9 Å². The van der Waals surface area contributed by atoms with E-state index in [1.54, 1.807) is 6.20 Å². The molecule has 0 saturated heterocycles. The van der Waals surface area contributed by atoms with Crippen LogP contribution in [-0.2, 0) is 0 Å². The lowest BCUT2D eigenvalue weighted by Crippen LogP contribution is -2.08. The van der Waals surface area contributed by atoms with Gasteiger partial charge in [-0.05, 0) is 25.5 Å². The van der Waals surface area contributed by atoms with Gasteiger partial charge in [0.25, 0.3) is 0 Å². The average molecular weight is 195 g/mol. The molecule has 0 spiro atoms. The van der Waals surface area contributed by atoms with Crippen LogP contribution in [0.5, 0.6) is 0 Å². The maximum Gasteiger partial charge on any atom is 0.149 e. The SMILES string of the molecule is CCNc1cccnc1NCCCO. The van der Waals surface area contributed by atoms with Crippen LogP contribution in [0.3, 0.4) is 0 Å². The molecule has 0 aliphatic heterocycles. The van der Waals surface area contributed by atoms with Crippen molar-refractivity contribution in [3.63, 3.8) is 0 Å². The van der Waals surface area contributed by atoms with Crippen LogP contribution in [0, 0.1) is 0 Å². The predicted molar refractivity (Wildman–Crippen MR) is 58.6 cm³/mol. The fourth-order valence-electron chi connectivity index (χ4n) is 1.17. The van der Waals surface area contributed by atoms with Crippen LogP contribution in [0.2, 0.25) is 0 Å². The second-order valence-corrected chi connectivity index (χ2v) is 2.93. The minimum Gasteiger partial charge on any atom is -0.396 e. The lowest BCUT2D eigenvalue weighted by atomic mass is 10.3. The van der Waals surface area contributed by atoms with Gasteiger partial charge in [-0.25, -0.2) is 4.98 Å². The molecule has 0 unspecified atom stereocenters. The summed E-state index contributed by atoms with van der Waals surface area (Å²) in [5.41, 5.74) is 1.01. The number of aliphatic hydroxyl groups is 1. The normalized spacial score (nSPS) is 9.86. The van der Waals surface area contributed by atoms with E-state index in [1.807, 2.05) is 19.1 Å². The van der Waals surface area contributed by atoms with Gasteiger partial charge in [0.15, 0.2) is 0 Å². The van der Waals surface area contributed by atoms with Crippen LogP contribution >= 0.6 is 0 Å². The smallest absolute Gasteiger partial charge is 0.149 e. The van der Waals surface area contributed by atoms with Gasteiger partial charge in [-0.15, -0.1) is 0 Å². The zero-order valence-corrected chi connectivity index (χ0v) is 8.45. The van der Waals surface area contributed by atoms with Crippen molar-refractivity contribution in [3.05, 3.63) is 18.3 Å². The monoisotopic (exact) mass is 195 g/mol. The molecule has 4 nitrogen and oxygen atoms in total. The van der Waals surface area contributed by atoms with E-state index in [9.17, 15) is 0 Å². The van der Waals surface area contributed by atoms with Gasteiger partial charge in [-0.1, -0.05) is 0 Å². The second-order valence-electron chi connectivity index (χ2n) is 2.93. The van der Waals surface area contributed by atoms with E-state index in [-0.39, 0.29) is 6.61 Å². The summed E-state index contributed by atoms with van der Waals surface area (Å²) < 4.78 is 0. The molecule has 78 valence electrons. The summed E-state index contributed by atoms with van der Waals surface area (Å²) in [4.78, 5) is 4.21. The van der Waals surface area contributed by atoms with Crippen molar-refractivity contribution in [1.82, 2.24) is 4.98 Å². The van der Waals surface area contributed by atoms with Crippen LogP contribution in [0.1, 0.15) is 13.3 Å². The van der Waals surface area contributed by atoms with Crippen LogP contribution in [0.15, 0.2) is 18.3 Å². The second kappa shape index (κ2) is 6.21. The molecular formula is C10H17N3O. The molecule has 0 aromatic carbocycles. The Morgan fingerprint density at radius 1 is 1.43 bits per heavy atom. The Labute approximate surface area is 84.4 Å². The van der Waals surface area contributed by atoms with Gasteiger partial charge >= 0.3 is 0 Å². The van der Waals surface area contributed by atoms with Crippen LogP contribution in [0.25, 0.3) is 0 Å². The van der Waals surface area contributed by atoms with Crippen molar-refractivity contribution >= 4 is 11.5 Å². The molecule has 0 bridgehead atoms. The Hall–Kier alpha value is -1.29. The maximum absolute atomic E-state index is 8.64. The van der Waals surface area contributed by atoms with Gasteiger partial charge in [0.2, 0.25) is 0 Å². The Kier molecular flexibility index (Phi) is 4.78. The first-order valence-corrected chi connectivity index (χ1v) is 4.92. The third-order valence-corrected chi connectivity index (χ3v) is 1.80. The molecule has 0 radical (unpaired) electrons. The van der Waals surface area contributed by atoms with Crippen molar-refractivity contribution in [3.8, 4) is 0 Å². The molecule has 1 rings (SSSR count).